The molecule has 15 rings (SSSR count). The van der Waals surface area contributed by atoms with Gasteiger partial charge < -0.3 is 8.98 Å². The second kappa shape index (κ2) is 16.6. The van der Waals surface area contributed by atoms with E-state index in [0.717, 1.165) is 88.7 Å². The summed E-state index contributed by atoms with van der Waals surface area (Å²) in [5.41, 5.74) is 14.3. The molecule has 0 bridgehead atoms. The van der Waals surface area contributed by atoms with Crippen LogP contribution >= 0.6 is 11.3 Å². The lowest BCUT2D eigenvalue weighted by Gasteiger charge is -2.17. The first-order chi connectivity index (χ1) is 36.2. The minimum atomic E-state index is 0.571. The Kier molecular flexibility index (Phi) is 9.37. The third kappa shape index (κ3) is 6.80. The topological polar surface area (TPSA) is 56.7 Å². The summed E-state index contributed by atoms with van der Waals surface area (Å²) < 4.78 is 11.9. The molecule has 4 aromatic heterocycles. The third-order valence-corrected chi connectivity index (χ3v) is 15.6. The van der Waals surface area contributed by atoms with Crippen molar-refractivity contribution in [3.05, 3.63) is 243 Å². The highest BCUT2D eigenvalue weighted by molar-refractivity contribution is 7.25. The second-order valence-corrected chi connectivity index (χ2v) is 19.8. The Hall–Kier alpha value is -9.49. The van der Waals surface area contributed by atoms with E-state index in [2.05, 4.69) is 235 Å². The summed E-state index contributed by atoms with van der Waals surface area (Å²) >= 11 is 1.79. The number of benzene rings is 11. The van der Waals surface area contributed by atoms with Crippen LogP contribution in [0.4, 0.5) is 0 Å². The Bertz CT molecular complexity index is 4670. The zero-order chi connectivity index (χ0) is 48.0. The average molecular weight is 949 g/mol. The van der Waals surface area contributed by atoms with Gasteiger partial charge in [-0.25, -0.2) is 15.0 Å². The molecule has 0 N–H and O–H groups in total. The first kappa shape index (κ1) is 41.3. The zero-order valence-electron chi connectivity index (χ0n) is 39.2. The Labute approximate surface area is 423 Å². The fourth-order valence-electron chi connectivity index (χ4n) is 11.0. The quantitative estimate of drug-likeness (QED) is 0.160. The molecule has 0 aliphatic rings. The van der Waals surface area contributed by atoms with E-state index >= 15 is 0 Å². The van der Waals surface area contributed by atoms with Gasteiger partial charge >= 0.3 is 0 Å². The van der Waals surface area contributed by atoms with Gasteiger partial charge in [-0.05, 0) is 81.1 Å². The highest BCUT2D eigenvalue weighted by atomic mass is 32.1. The Morgan fingerprint density at radius 2 is 0.918 bits per heavy atom. The molecule has 0 saturated heterocycles. The van der Waals surface area contributed by atoms with E-state index in [4.69, 9.17) is 19.4 Å². The molecular formula is C67H40N4OS. The van der Waals surface area contributed by atoms with Gasteiger partial charge in [-0.2, -0.15) is 0 Å². The lowest BCUT2D eigenvalue weighted by molar-refractivity contribution is 0.668. The van der Waals surface area contributed by atoms with Crippen LogP contribution in [-0.2, 0) is 0 Å². The monoisotopic (exact) mass is 948 g/mol. The Morgan fingerprint density at radius 3 is 1.74 bits per heavy atom. The minimum Gasteiger partial charge on any atom is -0.456 e. The number of fused-ring (bicyclic) bond motifs is 10. The molecule has 0 amide bonds. The van der Waals surface area contributed by atoms with Crippen molar-refractivity contribution in [1.29, 1.82) is 0 Å². The van der Waals surface area contributed by atoms with Gasteiger partial charge in [0.2, 0.25) is 0 Å². The standard InChI is InChI=1S/C67H40N4OS/c1-3-16-41(17-4-1)42-30-32-44(33-31-42)65-68-66(47-34-35-52-51-25-12-14-29-62(51)73-63(52)38-47)70-67(69-65)53-26-15-28-60-64(53)56-39-55(49-23-10-9-22-48(49)43-18-5-2-6-19-43)59(40-61(56)72-60)71-57-27-13-11-24-50(57)54-36-45-20-7-8-21-46(45)37-58(54)71/h1-40H. The molecule has 0 fully saturated rings. The predicted octanol–water partition coefficient (Wildman–Crippen LogP) is 18.4. The summed E-state index contributed by atoms with van der Waals surface area (Å²) in [6, 6.07) is 86.4. The van der Waals surface area contributed by atoms with Crippen LogP contribution in [0.25, 0.3) is 148 Å². The van der Waals surface area contributed by atoms with Crippen molar-refractivity contribution in [2.75, 3.05) is 0 Å². The smallest absolute Gasteiger partial charge is 0.164 e. The summed E-state index contributed by atoms with van der Waals surface area (Å²) in [5.74, 6) is 1.77. The number of rotatable bonds is 7. The fraction of sp³-hybridized carbons (Fsp3) is 0. The number of nitrogens with zero attached hydrogens (tertiary/aromatic N) is 4. The molecular weight excluding hydrogens is 909 g/mol. The molecule has 4 heterocycles. The van der Waals surface area contributed by atoms with E-state index in [1.807, 2.05) is 12.1 Å². The molecule has 6 heteroatoms. The maximum atomic E-state index is 7.03. The first-order valence-corrected chi connectivity index (χ1v) is 25.4. The fourth-order valence-corrected chi connectivity index (χ4v) is 12.2. The molecule has 11 aromatic carbocycles. The van der Waals surface area contributed by atoms with Crippen molar-refractivity contribution >= 4 is 86.0 Å². The lowest BCUT2D eigenvalue weighted by atomic mass is 9.92. The van der Waals surface area contributed by atoms with Gasteiger partial charge in [0.05, 0.1) is 16.7 Å². The minimum absolute atomic E-state index is 0.571. The van der Waals surface area contributed by atoms with Crippen LogP contribution in [0.5, 0.6) is 0 Å². The number of hydrogen-bond donors (Lipinski definition) is 0. The van der Waals surface area contributed by atoms with E-state index in [0.29, 0.717) is 17.5 Å². The molecule has 0 aliphatic carbocycles. The third-order valence-electron chi connectivity index (χ3n) is 14.5. The van der Waals surface area contributed by atoms with Crippen molar-refractivity contribution in [3.63, 3.8) is 0 Å². The van der Waals surface area contributed by atoms with Crippen LogP contribution in [0.15, 0.2) is 247 Å². The van der Waals surface area contributed by atoms with Crippen LogP contribution in [-0.4, -0.2) is 19.5 Å². The van der Waals surface area contributed by atoms with Crippen LogP contribution in [0, 0.1) is 0 Å². The SMILES string of the molecule is c1ccc(-c2ccc(-c3nc(-c4ccc5c(c4)sc4ccccc45)nc(-c4cccc5oc6cc(-n7c8ccccc8c8cc9ccccc9cc87)c(-c7ccccc7-c7ccccc7)cc6c45)n3)cc2)cc1. The molecule has 0 saturated carbocycles. The Balaban J connectivity index is 0.989. The van der Waals surface area contributed by atoms with Crippen molar-refractivity contribution < 1.29 is 4.42 Å². The molecule has 0 aliphatic heterocycles. The number of para-hydroxylation sites is 1. The maximum Gasteiger partial charge on any atom is 0.164 e. The number of hydrogen-bond acceptors (Lipinski definition) is 5. The van der Waals surface area contributed by atoms with Gasteiger partial charge in [-0.1, -0.05) is 194 Å². The first-order valence-electron chi connectivity index (χ1n) is 24.6. The number of furan rings is 1. The number of aromatic nitrogens is 4. The summed E-state index contributed by atoms with van der Waals surface area (Å²) in [7, 11) is 0. The second-order valence-electron chi connectivity index (χ2n) is 18.7. The van der Waals surface area contributed by atoms with Crippen molar-refractivity contribution in [2.24, 2.45) is 0 Å². The van der Waals surface area contributed by atoms with Crippen molar-refractivity contribution in [3.8, 4) is 73.2 Å². The summed E-state index contributed by atoms with van der Waals surface area (Å²) in [6.45, 7) is 0. The average Bonchev–Trinajstić information content (AvgIpc) is 4.13. The highest BCUT2D eigenvalue weighted by Crippen LogP contribution is 2.46. The Morgan fingerprint density at radius 1 is 0.315 bits per heavy atom. The normalized spacial score (nSPS) is 11.8. The lowest BCUT2D eigenvalue weighted by Crippen LogP contribution is -2.00. The van der Waals surface area contributed by atoms with E-state index in [-0.39, 0.29) is 0 Å². The molecule has 0 spiro atoms. The predicted molar refractivity (Wildman–Crippen MR) is 304 cm³/mol. The van der Waals surface area contributed by atoms with Crippen LogP contribution in [0.1, 0.15) is 0 Å². The van der Waals surface area contributed by atoms with E-state index in [1.165, 1.54) is 41.7 Å². The number of thiophene rings is 1. The molecule has 0 unspecified atom stereocenters. The molecule has 15 aromatic rings. The van der Waals surface area contributed by atoms with Gasteiger partial charge in [0, 0.05) is 70.0 Å². The zero-order valence-corrected chi connectivity index (χ0v) is 40.0. The molecule has 73 heavy (non-hydrogen) atoms. The van der Waals surface area contributed by atoms with Gasteiger partial charge in [0.1, 0.15) is 11.2 Å². The van der Waals surface area contributed by atoms with Crippen LogP contribution < -0.4 is 0 Å². The maximum absolute atomic E-state index is 7.03. The molecule has 5 nitrogen and oxygen atoms in total. The van der Waals surface area contributed by atoms with Crippen molar-refractivity contribution in [2.45, 2.75) is 0 Å². The van der Waals surface area contributed by atoms with Crippen LogP contribution in [0.3, 0.4) is 0 Å². The van der Waals surface area contributed by atoms with Crippen LogP contribution in [0.2, 0.25) is 0 Å². The summed E-state index contributed by atoms with van der Waals surface area (Å²) in [4.78, 5) is 16.0. The van der Waals surface area contributed by atoms with E-state index in [9.17, 15) is 0 Å². The van der Waals surface area contributed by atoms with Gasteiger partial charge in [-0.15, -0.1) is 11.3 Å². The molecule has 0 radical (unpaired) electrons. The van der Waals surface area contributed by atoms with Gasteiger partial charge in [0.15, 0.2) is 17.5 Å². The summed E-state index contributed by atoms with van der Waals surface area (Å²) in [5, 5.41) is 9.19. The highest BCUT2D eigenvalue weighted by Gasteiger charge is 2.24. The molecule has 340 valence electrons. The summed E-state index contributed by atoms with van der Waals surface area (Å²) in [6.07, 6.45) is 0. The largest absolute Gasteiger partial charge is 0.456 e. The van der Waals surface area contributed by atoms with E-state index in [1.54, 1.807) is 11.3 Å². The molecule has 0 atom stereocenters. The van der Waals surface area contributed by atoms with E-state index < -0.39 is 0 Å². The van der Waals surface area contributed by atoms with Gasteiger partial charge in [-0.3, -0.25) is 0 Å². The van der Waals surface area contributed by atoms with Gasteiger partial charge in [0.25, 0.3) is 0 Å². The van der Waals surface area contributed by atoms with Crippen molar-refractivity contribution in [1.82, 2.24) is 19.5 Å².